The van der Waals surface area contributed by atoms with E-state index in [1.165, 1.54) is 17.2 Å². The lowest BCUT2D eigenvalue weighted by atomic mass is 10.0. The van der Waals surface area contributed by atoms with Gasteiger partial charge in [0.25, 0.3) is 0 Å². The van der Waals surface area contributed by atoms with Gasteiger partial charge >= 0.3 is 11.6 Å². The second kappa shape index (κ2) is 6.48. The minimum atomic E-state index is -0.435. The van der Waals surface area contributed by atoms with E-state index in [1.807, 2.05) is 12.1 Å². The number of ether oxygens (including phenoxy) is 1. The minimum absolute atomic E-state index is 0.0288. The number of halogens is 1. The number of carbonyl (C=O) groups excluding carboxylic acids is 1. The Morgan fingerprint density at radius 3 is 2.68 bits per heavy atom. The van der Waals surface area contributed by atoms with Crippen LogP contribution in [0.5, 0.6) is 0 Å². The summed E-state index contributed by atoms with van der Waals surface area (Å²) in [6.07, 6.45) is 3.15. The Kier molecular flexibility index (Phi) is 4.17. The van der Waals surface area contributed by atoms with Crippen LogP contribution in [0.3, 0.4) is 0 Å². The molecule has 0 atom stereocenters. The average Bonchev–Trinajstić information content (AvgIpc) is 3.05. The van der Waals surface area contributed by atoms with Gasteiger partial charge in [-0.15, -0.1) is 0 Å². The van der Waals surface area contributed by atoms with E-state index in [0.717, 1.165) is 24.6 Å². The van der Waals surface area contributed by atoms with Crippen molar-refractivity contribution in [1.29, 1.82) is 0 Å². The highest BCUT2D eigenvalue weighted by molar-refractivity contribution is 9.10. The third-order valence-electron chi connectivity index (χ3n) is 4.50. The fraction of sp³-hybridized carbons (Fsp3) is 0.200. The molecule has 126 valence electrons. The third kappa shape index (κ3) is 3.12. The van der Waals surface area contributed by atoms with Crippen molar-refractivity contribution in [3.8, 4) is 0 Å². The van der Waals surface area contributed by atoms with Crippen molar-refractivity contribution >= 4 is 32.9 Å². The Labute approximate surface area is 152 Å². The summed E-state index contributed by atoms with van der Waals surface area (Å²) < 4.78 is 11.4. The molecule has 0 N–H and O–H groups in total. The van der Waals surface area contributed by atoms with E-state index >= 15 is 0 Å². The van der Waals surface area contributed by atoms with Gasteiger partial charge in [0.2, 0.25) is 0 Å². The Morgan fingerprint density at radius 2 is 1.88 bits per heavy atom. The first-order valence-corrected chi connectivity index (χ1v) is 8.91. The number of fused-ring (bicyclic) bond motifs is 2. The van der Waals surface area contributed by atoms with Crippen LogP contribution in [-0.4, -0.2) is 5.97 Å². The van der Waals surface area contributed by atoms with Gasteiger partial charge < -0.3 is 9.15 Å². The van der Waals surface area contributed by atoms with Crippen molar-refractivity contribution in [2.45, 2.75) is 25.9 Å². The lowest BCUT2D eigenvalue weighted by molar-refractivity contribution is 0.0472. The van der Waals surface area contributed by atoms with Crippen LogP contribution in [0.4, 0.5) is 0 Å². The average molecular weight is 399 g/mol. The van der Waals surface area contributed by atoms with Crippen LogP contribution < -0.4 is 5.63 Å². The van der Waals surface area contributed by atoms with Crippen LogP contribution in [-0.2, 0) is 24.2 Å². The Balaban J connectivity index is 1.66. The molecule has 2 aromatic carbocycles. The molecule has 4 nitrogen and oxygen atoms in total. The fourth-order valence-corrected chi connectivity index (χ4v) is 3.71. The maximum Gasteiger partial charge on any atom is 0.339 e. The quantitative estimate of drug-likeness (QED) is 0.484. The zero-order valence-corrected chi connectivity index (χ0v) is 15.0. The van der Waals surface area contributed by atoms with E-state index in [4.69, 9.17) is 9.15 Å². The molecule has 4 rings (SSSR count). The molecule has 5 heteroatoms. The van der Waals surface area contributed by atoms with Crippen molar-refractivity contribution in [2.75, 3.05) is 0 Å². The van der Waals surface area contributed by atoms with Gasteiger partial charge in [0.1, 0.15) is 12.2 Å². The second-order valence-electron chi connectivity index (χ2n) is 6.12. The van der Waals surface area contributed by atoms with E-state index in [2.05, 4.69) is 22.0 Å². The Morgan fingerprint density at radius 1 is 1.12 bits per heavy atom. The van der Waals surface area contributed by atoms with Gasteiger partial charge in [-0.25, -0.2) is 9.59 Å². The molecule has 0 bridgehead atoms. The van der Waals surface area contributed by atoms with Gasteiger partial charge in [0, 0.05) is 21.5 Å². The molecule has 0 fully saturated rings. The minimum Gasteiger partial charge on any atom is -0.457 e. The molecular weight excluding hydrogens is 384 g/mol. The molecule has 1 aromatic heterocycles. The summed E-state index contributed by atoms with van der Waals surface area (Å²) in [6, 6.07) is 12.5. The lowest BCUT2D eigenvalue weighted by Gasteiger charge is -2.09. The number of carbonyl (C=O) groups is 1. The van der Waals surface area contributed by atoms with Gasteiger partial charge in [0.05, 0.1) is 5.56 Å². The largest absolute Gasteiger partial charge is 0.457 e. The highest BCUT2D eigenvalue weighted by Crippen LogP contribution is 2.29. The molecule has 0 radical (unpaired) electrons. The van der Waals surface area contributed by atoms with Gasteiger partial charge in [0.15, 0.2) is 0 Å². The molecule has 1 aliphatic rings. The summed E-state index contributed by atoms with van der Waals surface area (Å²) in [5.74, 6) is -0.435. The summed E-state index contributed by atoms with van der Waals surface area (Å²) >= 11 is 3.34. The normalized spacial score (nSPS) is 13.0. The number of esters is 1. The molecule has 1 heterocycles. The fourth-order valence-electron chi connectivity index (χ4n) is 3.26. The first kappa shape index (κ1) is 16.1. The van der Waals surface area contributed by atoms with Crippen molar-refractivity contribution in [2.24, 2.45) is 0 Å². The van der Waals surface area contributed by atoms with Gasteiger partial charge in [-0.3, -0.25) is 0 Å². The Bertz CT molecular complexity index is 1040. The SMILES string of the molecule is O=C(OCc1cc(=O)oc2cc3c(cc12)CCC3)c1ccccc1Br. The van der Waals surface area contributed by atoms with Crippen LogP contribution in [0.15, 0.2) is 56.1 Å². The molecule has 0 saturated heterocycles. The maximum absolute atomic E-state index is 12.3. The summed E-state index contributed by atoms with van der Waals surface area (Å²) in [4.78, 5) is 24.2. The zero-order valence-electron chi connectivity index (χ0n) is 13.4. The van der Waals surface area contributed by atoms with Gasteiger partial charge in [-0.05, 0) is 70.6 Å². The highest BCUT2D eigenvalue weighted by Gasteiger charge is 2.17. The van der Waals surface area contributed by atoms with Crippen LogP contribution in [0.2, 0.25) is 0 Å². The van der Waals surface area contributed by atoms with Crippen LogP contribution in [0.25, 0.3) is 11.0 Å². The first-order chi connectivity index (χ1) is 12.1. The number of aryl methyl sites for hydroxylation is 2. The zero-order chi connectivity index (χ0) is 17.4. The molecule has 0 aliphatic heterocycles. The number of rotatable bonds is 3. The van der Waals surface area contributed by atoms with Crippen LogP contribution >= 0.6 is 15.9 Å². The summed E-state index contributed by atoms with van der Waals surface area (Å²) in [5.41, 5.74) is 3.76. The highest BCUT2D eigenvalue weighted by atomic mass is 79.9. The summed E-state index contributed by atoms with van der Waals surface area (Å²) in [6.45, 7) is 0.0288. The molecular formula is C20H15BrO4. The molecule has 3 aromatic rings. The van der Waals surface area contributed by atoms with E-state index in [0.29, 0.717) is 21.2 Å². The summed E-state index contributed by atoms with van der Waals surface area (Å²) in [5, 5.41) is 0.833. The summed E-state index contributed by atoms with van der Waals surface area (Å²) in [7, 11) is 0. The van der Waals surface area contributed by atoms with Crippen molar-refractivity contribution in [3.05, 3.63) is 79.6 Å². The van der Waals surface area contributed by atoms with E-state index in [9.17, 15) is 9.59 Å². The smallest absolute Gasteiger partial charge is 0.339 e. The van der Waals surface area contributed by atoms with Crippen molar-refractivity contribution in [3.63, 3.8) is 0 Å². The topological polar surface area (TPSA) is 56.5 Å². The van der Waals surface area contributed by atoms with Gasteiger partial charge in [-0.1, -0.05) is 12.1 Å². The van der Waals surface area contributed by atoms with E-state index < -0.39 is 11.6 Å². The number of benzene rings is 2. The standard InChI is InChI=1S/C20H15BrO4/c21-17-7-2-1-6-15(17)20(23)24-11-14-10-19(22)25-18-9-13-5-3-4-12(13)8-16(14)18/h1-2,6-10H,3-5,11H2. The lowest BCUT2D eigenvalue weighted by Crippen LogP contribution is -2.08. The van der Waals surface area contributed by atoms with E-state index in [1.54, 1.807) is 18.2 Å². The van der Waals surface area contributed by atoms with Crippen LogP contribution in [0.1, 0.15) is 33.5 Å². The Hall–Kier alpha value is -2.40. The number of hydrogen-bond donors (Lipinski definition) is 0. The number of hydrogen-bond acceptors (Lipinski definition) is 4. The monoisotopic (exact) mass is 398 g/mol. The molecule has 1 aliphatic carbocycles. The second-order valence-corrected chi connectivity index (χ2v) is 6.97. The van der Waals surface area contributed by atoms with Crippen LogP contribution in [0, 0.1) is 0 Å². The predicted octanol–water partition coefficient (Wildman–Crippen LogP) is 4.40. The van der Waals surface area contributed by atoms with Crippen molar-refractivity contribution in [1.82, 2.24) is 0 Å². The molecule has 25 heavy (non-hydrogen) atoms. The van der Waals surface area contributed by atoms with Gasteiger partial charge in [-0.2, -0.15) is 0 Å². The van der Waals surface area contributed by atoms with E-state index in [-0.39, 0.29) is 6.61 Å². The maximum atomic E-state index is 12.3. The predicted molar refractivity (Wildman–Crippen MR) is 97.8 cm³/mol. The molecule has 0 spiro atoms. The van der Waals surface area contributed by atoms with Crippen molar-refractivity contribution < 1.29 is 13.9 Å². The molecule has 0 saturated carbocycles. The molecule has 0 unspecified atom stereocenters. The molecule has 0 amide bonds. The first-order valence-electron chi connectivity index (χ1n) is 8.12. The third-order valence-corrected chi connectivity index (χ3v) is 5.19.